The highest BCUT2D eigenvalue weighted by Gasteiger charge is 2.27. The molecule has 2 N–H and O–H groups in total. The molecule has 162 valence electrons. The number of nitrogens with one attached hydrogen (secondary N) is 2. The van der Waals surface area contributed by atoms with Crippen molar-refractivity contribution in [2.75, 3.05) is 11.9 Å². The lowest BCUT2D eigenvalue weighted by Crippen LogP contribution is -2.34. The van der Waals surface area contributed by atoms with E-state index >= 15 is 0 Å². The van der Waals surface area contributed by atoms with Gasteiger partial charge in [0, 0.05) is 29.6 Å². The number of H-pyrrole nitrogens is 1. The van der Waals surface area contributed by atoms with Crippen LogP contribution in [-0.2, 0) is 16.0 Å². The average molecular weight is 426 g/mol. The van der Waals surface area contributed by atoms with Gasteiger partial charge in [-0.15, -0.1) is 0 Å². The van der Waals surface area contributed by atoms with Gasteiger partial charge in [0.25, 0.3) is 11.4 Å². The largest absolute Gasteiger partial charge is 0.464 e. The Morgan fingerprint density at radius 3 is 2.65 bits per heavy atom. The molecule has 0 spiro atoms. The van der Waals surface area contributed by atoms with Crippen molar-refractivity contribution in [3.8, 4) is 0 Å². The van der Waals surface area contributed by atoms with E-state index in [0.717, 1.165) is 35.0 Å². The second kappa shape index (κ2) is 9.70. The van der Waals surface area contributed by atoms with Crippen LogP contribution in [-0.4, -0.2) is 33.4 Å². The summed E-state index contributed by atoms with van der Waals surface area (Å²) in [5.41, 5.74) is 0.852. The van der Waals surface area contributed by atoms with Crippen LogP contribution in [0.3, 0.4) is 0 Å². The topological polar surface area (TPSA) is 140 Å². The zero-order valence-corrected chi connectivity index (χ0v) is 16.9. The van der Waals surface area contributed by atoms with Crippen molar-refractivity contribution in [1.29, 1.82) is 0 Å². The molecule has 0 saturated carbocycles. The number of esters is 1. The molecule has 10 nitrogen and oxygen atoms in total. The summed E-state index contributed by atoms with van der Waals surface area (Å²) in [6.07, 6.45) is 3.54. The number of fused-ring (bicyclic) bond motifs is 1. The van der Waals surface area contributed by atoms with Crippen molar-refractivity contribution in [3.05, 3.63) is 74.5 Å². The zero-order valence-electron chi connectivity index (χ0n) is 16.9. The summed E-state index contributed by atoms with van der Waals surface area (Å²) >= 11 is 0. The maximum Gasteiger partial charge on any atom is 0.328 e. The zero-order chi connectivity index (χ0) is 22.4. The number of rotatable bonds is 10. The molecule has 1 heterocycles. The Hall–Kier alpha value is -3.95. The second-order valence-electron chi connectivity index (χ2n) is 7.00. The number of nitro groups is 2. The molecule has 0 amide bonds. The van der Waals surface area contributed by atoms with Crippen molar-refractivity contribution >= 4 is 33.9 Å². The Morgan fingerprint density at radius 1 is 1.16 bits per heavy atom. The monoisotopic (exact) mass is 426 g/mol. The normalized spacial score (nSPS) is 11.8. The number of ether oxygens (including phenoxy) is 1. The average Bonchev–Trinajstić information content (AvgIpc) is 3.16. The fraction of sp³-hybridized carbons (Fsp3) is 0.286. The Morgan fingerprint density at radius 2 is 1.94 bits per heavy atom. The number of hydrogen-bond donors (Lipinski definition) is 2. The summed E-state index contributed by atoms with van der Waals surface area (Å²) in [4.78, 5) is 36.9. The minimum Gasteiger partial charge on any atom is -0.464 e. The predicted molar refractivity (Wildman–Crippen MR) is 115 cm³/mol. The summed E-state index contributed by atoms with van der Waals surface area (Å²) in [5.74, 6) is -0.550. The minimum absolute atomic E-state index is 0.00730. The van der Waals surface area contributed by atoms with E-state index in [1.165, 1.54) is 6.07 Å². The van der Waals surface area contributed by atoms with Gasteiger partial charge < -0.3 is 15.0 Å². The maximum absolute atomic E-state index is 12.8. The first-order chi connectivity index (χ1) is 14.9. The number of para-hydroxylation sites is 1. The van der Waals surface area contributed by atoms with E-state index in [2.05, 4.69) is 10.3 Å². The van der Waals surface area contributed by atoms with Gasteiger partial charge >= 0.3 is 5.97 Å². The van der Waals surface area contributed by atoms with Crippen LogP contribution in [0.5, 0.6) is 0 Å². The molecule has 0 radical (unpaired) electrons. The van der Waals surface area contributed by atoms with Crippen LogP contribution >= 0.6 is 0 Å². The Bertz CT molecular complexity index is 1110. The first-order valence-corrected chi connectivity index (χ1v) is 9.81. The lowest BCUT2D eigenvalue weighted by atomic mass is 10.0. The molecule has 1 atom stereocenters. The maximum atomic E-state index is 12.8. The number of hydrogen-bond acceptors (Lipinski definition) is 7. The number of anilines is 1. The van der Waals surface area contributed by atoms with Gasteiger partial charge in [-0.3, -0.25) is 20.2 Å². The van der Waals surface area contributed by atoms with E-state index in [4.69, 9.17) is 4.74 Å². The quantitative estimate of drug-likeness (QED) is 0.212. The molecule has 3 aromatic rings. The lowest BCUT2D eigenvalue weighted by Gasteiger charge is -2.18. The summed E-state index contributed by atoms with van der Waals surface area (Å²) in [6, 6.07) is 9.92. The molecule has 31 heavy (non-hydrogen) atoms. The number of non-ortho nitro benzene ring substituents is 1. The summed E-state index contributed by atoms with van der Waals surface area (Å²) in [6.45, 7) is 2.21. The van der Waals surface area contributed by atoms with Crippen LogP contribution in [0.1, 0.15) is 25.3 Å². The fourth-order valence-corrected chi connectivity index (χ4v) is 3.23. The van der Waals surface area contributed by atoms with Crippen molar-refractivity contribution in [2.45, 2.75) is 32.2 Å². The van der Waals surface area contributed by atoms with E-state index in [9.17, 15) is 25.0 Å². The summed E-state index contributed by atoms with van der Waals surface area (Å²) in [5, 5.41) is 26.3. The van der Waals surface area contributed by atoms with Gasteiger partial charge in [-0.2, -0.15) is 0 Å². The highest BCUT2D eigenvalue weighted by molar-refractivity contribution is 5.86. The van der Waals surface area contributed by atoms with Crippen LogP contribution in [0.2, 0.25) is 0 Å². The van der Waals surface area contributed by atoms with Crippen LogP contribution in [0, 0.1) is 20.2 Å². The van der Waals surface area contributed by atoms with E-state index < -0.39 is 33.2 Å². The molecule has 0 aliphatic rings. The van der Waals surface area contributed by atoms with Crippen LogP contribution in [0.4, 0.5) is 17.1 Å². The number of unbranched alkanes of at least 4 members (excludes halogenated alkanes) is 1. The van der Waals surface area contributed by atoms with Gasteiger partial charge in [0.15, 0.2) is 0 Å². The smallest absolute Gasteiger partial charge is 0.328 e. The number of carbonyl (C=O) groups excluding carboxylic acids is 1. The van der Waals surface area contributed by atoms with Gasteiger partial charge in [-0.1, -0.05) is 31.5 Å². The molecule has 0 saturated heterocycles. The number of benzene rings is 2. The van der Waals surface area contributed by atoms with Crippen molar-refractivity contribution in [1.82, 2.24) is 4.98 Å². The number of aromatic amines is 1. The molecular weight excluding hydrogens is 404 g/mol. The molecule has 0 aliphatic heterocycles. The van der Waals surface area contributed by atoms with Gasteiger partial charge in [-0.25, -0.2) is 4.79 Å². The standard InChI is InChI=1S/C21H22N4O6/c1-2-3-10-31-21(26)19(11-14-13-22-17-7-5-4-6-16(14)17)23-18-9-8-15(24(27)28)12-20(18)25(29)30/h4-9,12-13,19,22-23H,2-3,10-11H2,1H3/t19-/m1/s1. The van der Waals surface area contributed by atoms with E-state index in [1.807, 2.05) is 31.2 Å². The van der Waals surface area contributed by atoms with Gasteiger partial charge in [0.1, 0.15) is 11.7 Å². The van der Waals surface area contributed by atoms with Crippen molar-refractivity contribution < 1.29 is 19.4 Å². The highest BCUT2D eigenvalue weighted by atomic mass is 16.6. The number of carbonyl (C=O) groups is 1. The first kappa shape index (κ1) is 21.8. The highest BCUT2D eigenvalue weighted by Crippen LogP contribution is 2.30. The van der Waals surface area contributed by atoms with Crippen molar-refractivity contribution in [3.63, 3.8) is 0 Å². The first-order valence-electron chi connectivity index (χ1n) is 9.81. The molecule has 10 heteroatoms. The van der Waals surface area contributed by atoms with Crippen LogP contribution in [0.25, 0.3) is 10.9 Å². The Kier molecular flexibility index (Phi) is 6.81. The van der Waals surface area contributed by atoms with Gasteiger partial charge in [0.05, 0.1) is 22.5 Å². The van der Waals surface area contributed by atoms with E-state index in [1.54, 1.807) is 6.20 Å². The molecule has 0 bridgehead atoms. The van der Waals surface area contributed by atoms with Gasteiger partial charge in [0.2, 0.25) is 0 Å². The van der Waals surface area contributed by atoms with Crippen LogP contribution in [0.15, 0.2) is 48.7 Å². The molecule has 0 unspecified atom stereocenters. The third-order valence-corrected chi connectivity index (χ3v) is 4.84. The molecule has 0 aliphatic carbocycles. The molecule has 0 fully saturated rings. The lowest BCUT2D eigenvalue weighted by molar-refractivity contribution is -0.393. The molecule has 1 aromatic heterocycles. The third kappa shape index (κ3) is 5.16. The fourth-order valence-electron chi connectivity index (χ4n) is 3.23. The second-order valence-corrected chi connectivity index (χ2v) is 7.00. The number of aromatic nitrogens is 1. The van der Waals surface area contributed by atoms with E-state index in [-0.39, 0.29) is 18.7 Å². The SMILES string of the molecule is CCCCOC(=O)[C@@H](Cc1c[nH]c2ccccc12)Nc1ccc([N+](=O)[O-])cc1[N+](=O)[O-]. The molecule has 2 aromatic carbocycles. The number of nitrogens with zero attached hydrogens (tertiary/aromatic N) is 2. The Labute approximate surface area is 177 Å². The van der Waals surface area contributed by atoms with E-state index in [0.29, 0.717) is 6.42 Å². The summed E-state index contributed by atoms with van der Waals surface area (Å²) < 4.78 is 5.35. The van der Waals surface area contributed by atoms with Gasteiger partial charge in [-0.05, 0) is 24.1 Å². The van der Waals surface area contributed by atoms with Crippen molar-refractivity contribution in [2.24, 2.45) is 0 Å². The minimum atomic E-state index is -0.920. The number of nitro benzene ring substituents is 2. The molecule has 3 rings (SSSR count). The summed E-state index contributed by atoms with van der Waals surface area (Å²) in [7, 11) is 0. The third-order valence-electron chi connectivity index (χ3n) is 4.84. The Balaban J connectivity index is 1.92. The molecular formula is C21H22N4O6. The predicted octanol–water partition coefficient (Wildman–Crippen LogP) is 4.35. The van der Waals surface area contributed by atoms with Crippen LogP contribution < -0.4 is 5.32 Å².